The molecule has 0 spiro atoms. The summed E-state index contributed by atoms with van der Waals surface area (Å²) < 4.78 is 6.86. The molecule has 1 heterocycles. The van der Waals surface area contributed by atoms with E-state index in [4.69, 9.17) is 10.5 Å². The van der Waals surface area contributed by atoms with E-state index in [1.54, 1.807) is 11.3 Å². The smallest absolute Gasteiger partial charge is 0.137 e. The van der Waals surface area contributed by atoms with Crippen molar-refractivity contribution < 1.29 is 4.74 Å². The summed E-state index contributed by atoms with van der Waals surface area (Å²) in [5, 5.41) is 2.06. The zero-order valence-corrected chi connectivity index (χ0v) is 11.8. The number of ether oxygens (including phenoxy) is 1. The van der Waals surface area contributed by atoms with Gasteiger partial charge >= 0.3 is 0 Å². The van der Waals surface area contributed by atoms with Crippen molar-refractivity contribution in [3.8, 4) is 5.75 Å². The molecule has 0 fully saturated rings. The van der Waals surface area contributed by atoms with Crippen LogP contribution in [0.5, 0.6) is 5.75 Å². The van der Waals surface area contributed by atoms with E-state index in [9.17, 15) is 0 Å². The van der Waals surface area contributed by atoms with Crippen LogP contribution < -0.4 is 10.5 Å². The van der Waals surface area contributed by atoms with Crippen molar-refractivity contribution in [1.29, 1.82) is 0 Å². The maximum atomic E-state index is 5.87. The maximum absolute atomic E-state index is 5.87. The molecule has 0 amide bonds. The Hall–Kier alpha value is -0.840. The fourth-order valence-corrected chi connectivity index (χ4v) is 2.74. The average Bonchev–Trinajstić information content (AvgIpc) is 2.82. The largest absolute Gasteiger partial charge is 0.487 e. The van der Waals surface area contributed by atoms with Crippen LogP contribution in [-0.4, -0.2) is 6.54 Å². The summed E-state index contributed by atoms with van der Waals surface area (Å²) >= 11 is 5.22. The van der Waals surface area contributed by atoms with Crippen molar-refractivity contribution in [2.75, 3.05) is 6.54 Å². The van der Waals surface area contributed by atoms with E-state index in [-0.39, 0.29) is 0 Å². The third-order valence-electron chi connectivity index (χ3n) is 2.40. The fraction of sp³-hybridized carbons (Fsp3) is 0.231. The molecule has 0 saturated heterocycles. The van der Waals surface area contributed by atoms with E-state index in [1.807, 2.05) is 18.2 Å². The number of halogens is 1. The molecule has 0 unspecified atom stereocenters. The number of nitrogens with two attached hydrogens (primary N) is 1. The van der Waals surface area contributed by atoms with Crippen LogP contribution in [-0.2, 0) is 13.0 Å². The lowest BCUT2D eigenvalue weighted by molar-refractivity contribution is 0.304. The van der Waals surface area contributed by atoms with Crippen LogP contribution >= 0.6 is 27.3 Å². The predicted molar refractivity (Wildman–Crippen MR) is 75.6 cm³/mol. The molecule has 0 aliphatic carbocycles. The highest BCUT2D eigenvalue weighted by Gasteiger charge is 2.07. The zero-order valence-electron chi connectivity index (χ0n) is 9.36. The van der Waals surface area contributed by atoms with Gasteiger partial charge < -0.3 is 10.5 Å². The molecule has 2 aromatic rings. The van der Waals surface area contributed by atoms with Crippen LogP contribution in [0, 0.1) is 0 Å². The van der Waals surface area contributed by atoms with Gasteiger partial charge in [-0.05, 0) is 52.0 Å². The molecule has 17 heavy (non-hydrogen) atoms. The van der Waals surface area contributed by atoms with Crippen LogP contribution in [0.25, 0.3) is 0 Å². The van der Waals surface area contributed by atoms with Crippen molar-refractivity contribution in [3.63, 3.8) is 0 Å². The standard InChI is InChI=1S/C13H14BrNOS/c14-12-5-1-3-10(6-7-15)13(12)16-9-11-4-2-8-17-11/h1-5,8H,6-7,9,15H2. The molecule has 0 saturated carbocycles. The first-order valence-corrected chi connectivity index (χ1v) is 7.11. The summed E-state index contributed by atoms with van der Waals surface area (Å²) in [5.74, 6) is 0.909. The quantitative estimate of drug-likeness (QED) is 0.916. The molecular formula is C13H14BrNOS. The van der Waals surface area contributed by atoms with Crippen LogP contribution in [0.1, 0.15) is 10.4 Å². The third kappa shape index (κ3) is 3.31. The van der Waals surface area contributed by atoms with Crippen LogP contribution in [0.3, 0.4) is 0 Å². The van der Waals surface area contributed by atoms with Gasteiger partial charge in [0.05, 0.1) is 4.47 Å². The number of thiophene rings is 1. The normalized spacial score (nSPS) is 10.5. The summed E-state index contributed by atoms with van der Waals surface area (Å²) in [5.41, 5.74) is 6.75. The van der Waals surface area contributed by atoms with Crippen molar-refractivity contribution in [1.82, 2.24) is 0 Å². The zero-order chi connectivity index (χ0) is 12.1. The molecule has 0 radical (unpaired) electrons. The Morgan fingerprint density at radius 3 is 2.82 bits per heavy atom. The van der Waals surface area contributed by atoms with Gasteiger partial charge in [0.15, 0.2) is 0 Å². The van der Waals surface area contributed by atoms with Gasteiger partial charge in [0.1, 0.15) is 12.4 Å². The van der Waals surface area contributed by atoms with E-state index in [2.05, 4.69) is 33.4 Å². The van der Waals surface area contributed by atoms with Crippen molar-refractivity contribution >= 4 is 27.3 Å². The van der Waals surface area contributed by atoms with Crippen LogP contribution in [0.2, 0.25) is 0 Å². The first-order chi connectivity index (χ1) is 8.31. The Balaban J connectivity index is 2.13. The fourth-order valence-electron chi connectivity index (χ4n) is 1.61. The Morgan fingerprint density at radius 2 is 2.12 bits per heavy atom. The second kappa shape index (κ2) is 6.19. The first-order valence-electron chi connectivity index (χ1n) is 5.44. The average molecular weight is 312 g/mol. The van der Waals surface area contributed by atoms with Crippen LogP contribution in [0.15, 0.2) is 40.2 Å². The molecule has 2 rings (SSSR count). The van der Waals surface area contributed by atoms with Crippen LogP contribution in [0.4, 0.5) is 0 Å². The highest BCUT2D eigenvalue weighted by molar-refractivity contribution is 9.10. The molecule has 2 nitrogen and oxygen atoms in total. The predicted octanol–water partition coefficient (Wildman–Crippen LogP) is 3.59. The van der Waals surface area contributed by atoms with E-state index in [0.29, 0.717) is 13.2 Å². The van der Waals surface area contributed by atoms with Gasteiger partial charge in [0.25, 0.3) is 0 Å². The molecular weight excluding hydrogens is 298 g/mol. The van der Waals surface area contributed by atoms with E-state index >= 15 is 0 Å². The highest BCUT2D eigenvalue weighted by atomic mass is 79.9. The van der Waals surface area contributed by atoms with Gasteiger partial charge in [0.2, 0.25) is 0 Å². The number of benzene rings is 1. The first kappa shape index (κ1) is 12.6. The maximum Gasteiger partial charge on any atom is 0.137 e. The SMILES string of the molecule is NCCc1cccc(Br)c1OCc1cccs1. The minimum absolute atomic E-state index is 0.609. The van der Waals surface area contributed by atoms with Gasteiger partial charge in [-0.2, -0.15) is 0 Å². The number of rotatable bonds is 5. The molecule has 1 aromatic heterocycles. The number of para-hydroxylation sites is 1. The van der Waals surface area contributed by atoms with Gasteiger partial charge in [-0.25, -0.2) is 0 Å². The summed E-state index contributed by atoms with van der Waals surface area (Å²) in [7, 11) is 0. The minimum Gasteiger partial charge on any atom is -0.487 e. The lowest BCUT2D eigenvalue weighted by Crippen LogP contribution is -2.05. The molecule has 0 aliphatic heterocycles. The minimum atomic E-state index is 0.609. The topological polar surface area (TPSA) is 35.2 Å². The van der Waals surface area contributed by atoms with Gasteiger partial charge in [-0.1, -0.05) is 18.2 Å². The van der Waals surface area contributed by atoms with Gasteiger partial charge in [-0.15, -0.1) is 11.3 Å². The summed E-state index contributed by atoms with van der Waals surface area (Å²) in [6.45, 7) is 1.24. The second-order valence-electron chi connectivity index (χ2n) is 3.63. The van der Waals surface area contributed by atoms with E-state index in [1.165, 1.54) is 4.88 Å². The number of hydrogen-bond donors (Lipinski definition) is 1. The molecule has 2 N–H and O–H groups in total. The van der Waals surface area contributed by atoms with E-state index < -0.39 is 0 Å². The monoisotopic (exact) mass is 311 g/mol. The summed E-state index contributed by atoms with van der Waals surface area (Å²) in [6.07, 6.45) is 0.833. The third-order valence-corrected chi connectivity index (χ3v) is 3.88. The van der Waals surface area contributed by atoms with Crippen molar-refractivity contribution in [3.05, 3.63) is 50.6 Å². The molecule has 0 atom stereocenters. The Kier molecular flexibility index (Phi) is 4.59. The Bertz CT molecular complexity index is 470. The Morgan fingerprint density at radius 1 is 1.24 bits per heavy atom. The van der Waals surface area contributed by atoms with Gasteiger partial charge in [-0.3, -0.25) is 0 Å². The highest BCUT2D eigenvalue weighted by Crippen LogP contribution is 2.30. The molecule has 1 aromatic carbocycles. The summed E-state index contributed by atoms with van der Waals surface area (Å²) in [4.78, 5) is 1.22. The molecule has 4 heteroatoms. The number of hydrogen-bond acceptors (Lipinski definition) is 3. The van der Waals surface area contributed by atoms with Crippen molar-refractivity contribution in [2.45, 2.75) is 13.0 Å². The van der Waals surface area contributed by atoms with Gasteiger partial charge in [0, 0.05) is 4.88 Å². The Labute approximate surface area is 114 Å². The summed E-state index contributed by atoms with van der Waals surface area (Å²) in [6, 6.07) is 10.2. The molecule has 0 aliphatic rings. The lowest BCUT2D eigenvalue weighted by atomic mass is 10.1. The van der Waals surface area contributed by atoms with Crippen molar-refractivity contribution in [2.24, 2.45) is 5.73 Å². The molecule has 90 valence electrons. The molecule has 0 bridgehead atoms. The van der Waals surface area contributed by atoms with E-state index in [0.717, 1.165) is 22.2 Å². The second-order valence-corrected chi connectivity index (χ2v) is 5.52. The lowest BCUT2D eigenvalue weighted by Gasteiger charge is -2.12.